The van der Waals surface area contributed by atoms with Crippen molar-refractivity contribution in [3.63, 3.8) is 0 Å². The molecule has 2 aromatic carbocycles. The number of imidazole rings is 1. The Labute approximate surface area is 219 Å². The van der Waals surface area contributed by atoms with Gasteiger partial charge in [-0.25, -0.2) is 9.97 Å². The van der Waals surface area contributed by atoms with Gasteiger partial charge in [0.25, 0.3) is 5.78 Å². The molecule has 1 amide bonds. The number of Topliss-reactive ketones (excluding diaryl/α,β-unsaturated/α-hetero) is 1. The third-order valence-electron chi connectivity index (χ3n) is 6.48. The Hall–Kier alpha value is -4.21. The molecule has 1 atom stereocenters. The zero-order valence-electron chi connectivity index (χ0n) is 19.6. The monoisotopic (exact) mass is 530 g/mol. The summed E-state index contributed by atoms with van der Waals surface area (Å²) in [5.74, 6) is -2.13. The number of fused-ring (bicyclic) bond motifs is 2. The molecule has 5 aromatic rings. The van der Waals surface area contributed by atoms with Crippen molar-refractivity contribution in [2.45, 2.75) is 19.9 Å². The summed E-state index contributed by atoms with van der Waals surface area (Å²) in [5.41, 5.74) is 3.27. The van der Waals surface area contributed by atoms with Crippen LogP contribution in [-0.2, 0) is 9.59 Å². The van der Waals surface area contributed by atoms with Gasteiger partial charge in [-0.05, 0) is 61.4 Å². The smallest absolute Gasteiger partial charge is 0.301 e. The Bertz CT molecular complexity index is 1810. The maximum absolute atomic E-state index is 13.5. The first-order valence-corrected chi connectivity index (χ1v) is 12.5. The van der Waals surface area contributed by atoms with Gasteiger partial charge in [-0.15, -0.1) is 0 Å². The van der Waals surface area contributed by atoms with Crippen molar-refractivity contribution in [3.8, 4) is 5.75 Å². The number of phenols is 1. The number of hydrogen-bond donors (Lipinski definition) is 2. The molecule has 2 N–H and O–H groups in total. The third-order valence-corrected chi connectivity index (χ3v) is 7.74. The molecule has 1 fully saturated rings. The molecular formula is C27H19ClN4O4S. The minimum Gasteiger partial charge on any atom is -0.508 e. The molecule has 1 aliphatic rings. The first-order valence-electron chi connectivity index (χ1n) is 11.4. The van der Waals surface area contributed by atoms with Crippen LogP contribution in [0.15, 0.2) is 66.4 Å². The molecule has 0 spiro atoms. The number of anilines is 1. The lowest BCUT2D eigenvalue weighted by Gasteiger charge is -2.22. The SMILES string of the molecule is Cc1cccn2c(C)c(C(O)=C3C(=O)C(=O)N(c4nc5ccc(Cl)cc5s4)C3c3cccc(O)c3)nc12. The number of thiazole rings is 1. The zero-order valence-corrected chi connectivity index (χ0v) is 21.2. The number of hydrogen-bond acceptors (Lipinski definition) is 7. The van der Waals surface area contributed by atoms with E-state index in [1.165, 1.54) is 28.4 Å². The molecule has 4 heterocycles. The number of carbonyl (C=O) groups excluding carboxylic acids is 2. The number of carbonyl (C=O) groups is 2. The maximum Gasteiger partial charge on any atom is 0.301 e. The minimum atomic E-state index is -1.03. The van der Waals surface area contributed by atoms with Gasteiger partial charge in [0.1, 0.15) is 17.1 Å². The molecule has 1 aliphatic heterocycles. The van der Waals surface area contributed by atoms with E-state index in [9.17, 15) is 19.8 Å². The van der Waals surface area contributed by atoms with Crippen molar-refractivity contribution in [2.24, 2.45) is 0 Å². The van der Waals surface area contributed by atoms with Crippen LogP contribution in [0.1, 0.15) is 28.6 Å². The van der Waals surface area contributed by atoms with E-state index in [2.05, 4.69) is 9.97 Å². The second-order valence-electron chi connectivity index (χ2n) is 8.80. The maximum atomic E-state index is 13.5. The highest BCUT2D eigenvalue weighted by Gasteiger charge is 2.48. The predicted octanol–water partition coefficient (Wildman–Crippen LogP) is 5.55. The lowest BCUT2D eigenvalue weighted by atomic mass is 9.96. The third kappa shape index (κ3) is 3.58. The summed E-state index contributed by atoms with van der Waals surface area (Å²) in [5, 5.41) is 22.5. The van der Waals surface area contributed by atoms with E-state index in [0.29, 0.717) is 27.4 Å². The normalized spacial score (nSPS) is 17.4. The van der Waals surface area contributed by atoms with Gasteiger partial charge in [0.05, 0.1) is 27.5 Å². The Balaban J connectivity index is 1.61. The summed E-state index contributed by atoms with van der Waals surface area (Å²) in [7, 11) is 0. The Kier molecular flexibility index (Phi) is 5.29. The van der Waals surface area contributed by atoms with Gasteiger partial charge in [0.2, 0.25) is 0 Å². The quantitative estimate of drug-likeness (QED) is 0.180. The molecular weight excluding hydrogens is 512 g/mol. The van der Waals surface area contributed by atoms with Gasteiger partial charge in [-0.3, -0.25) is 14.5 Å². The van der Waals surface area contributed by atoms with Gasteiger partial charge in [-0.2, -0.15) is 0 Å². The minimum absolute atomic E-state index is 0.0429. The van der Waals surface area contributed by atoms with Crippen LogP contribution in [0, 0.1) is 13.8 Å². The van der Waals surface area contributed by atoms with E-state index in [1.807, 2.05) is 29.7 Å². The number of aryl methyl sites for hydroxylation is 2. The number of aromatic hydroxyl groups is 1. The van der Waals surface area contributed by atoms with E-state index in [1.54, 1.807) is 37.3 Å². The topological polar surface area (TPSA) is 108 Å². The number of aromatic nitrogens is 3. The summed E-state index contributed by atoms with van der Waals surface area (Å²) >= 11 is 7.35. The number of benzene rings is 2. The summed E-state index contributed by atoms with van der Waals surface area (Å²) in [6, 6.07) is 14.1. The van der Waals surface area contributed by atoms with Crippen molar-refractivity contribution in [3.05, 3.63) is 93.9 Å². The standard InChI is InChI=1S/C27H19ClN4O4S/c1-13-5-4-10-31-14(2)21(30-25(13)31)23(34)20-22(15-6-3-7-17(33)11-15)32(26(36)24(20)35)27-29-18-9-8-16(28)12-19(18)37-27/h3-12,22,33-34H,1-2H3. The van der Waals surface area contributed by atoms with Crippen molar-refractivity contribution in [1.29, 1.82) is 0 Å². The molecule has 3 aromatic heterocycles. The molecule has 37 heavy (non-hydrogen) atoms. The van der Waals surface area contributed by atoms with Crippen molar-refractivity contribution < 1.29 is 19.8 Å². The summed E-state index contributed by atoms with van der Waals surface area (Å²) in [4.78, 5) is 37.4. The zero-order chi connectivity index (χ0) is 26.0. The first-order chi connectivity index (χ1) is 17.7. The molecule has 0 aliphatic carbocycles. The number of phenolic OH excluding ortho intramolecular Hbond substituents is 1. The second kappa shape index (κ2) is 8.43. The molecule has 0 radical (unpaired) electrons. The van der Waals surface area contributed by atoms with Crippen LogP contribution >= 0.6 is 22.9 Å². The highest BCUT2D eigenvalue weighted by atomic mass is 35.5. The second-order valence-corrected chi connectivity index (χ2v) is 10.2. The van der Waals surface area contributed by atoms with E-state index in [4.69, 9.17) is 11.6 Å². The number of halogens is 1. The largest absolute Gasteiger partial charge is 0.508 e. The van der Waals surface area contributed by atoms with Gasteiger partial charge < -0.3 is 14.6 Å². The van der Waals surface area contributed by atoms with E-state index in [-0.39, 0.29) is 27.9 Å². The fourth-order valence-electron chi connectivity index (χ4n) is 4.70. The van der Waals surface area contributed by atoms with Crippen LogP contribution < -0.4 is 4.90 Å². The van der Waals surface area contributed by atoms with Crippen LogP contribution in [0.2, 0.25) is 5.02 Å². The Morgan fingerprint density at radius 3 is 2.62 bits per heavy atom. The molecule has 1 unspecified atom stereocenters. The van der Waals surface area contributed by atoms with E-state index in [0.717, 1.165) is 10.3 Å². The van der Waals surface area contributed by atoms with Gasteiger partial charge >= 0.3 is 5.91 Å². The molecule has 184 valence electrons. The van der Waals surface area contributed by atoms with Crippen molar-refractivity contribution in [2.75, 3.05) is 4.90 Å². The molecule has 10 heteroatoms. The number of rotatable bonds is 3. The van der Waals surface area contributed by atoms with Crippen LogP contribution in [0.4, 0.5) is 5.13 Å². The van der Waals surface area contributed by atoms with Gasteiger partial charge in [0, 0.05) is 11.2 Å². The number of amides is 1. The lowest BCUT2D eigenvalue weighted by Crippen LogP contribution is -2.29. The highest BCUT2D eigenvalue weighted by Crippen LogP contribution is 2.45. The average Bonchev–Trinajstić information content (AvgIpc) is 3.51. The summed E-state index contributed by atoms with van der Waals surface area (Å²) in [6.45, 7) is 3.68. The molecule has 1 saturated heterocycles. The van der Waals surface area contributed by atoms with Gasteiger partial charge in [0.15, 0.2) is 10.9 Å². The number of pyridine rings is 1. The summed E-state index contributed by atoms with van der Waals surface area (Å²) < 4.78 is 2.56. The van der Waals surface area contributed by atoms with Crippen LogP contribution in [-0.4, -0.2) is 36.3 Å². The molecule has 0 bridgehead atoms. The lowest BCUT2D eigenvalue weighted by molar-refractivity contribution is -0.132. The summed E-state index contributed by atoms with van der Waals surface area (Å²) in [6.07, 6.45) is 1.82. The average molecular weight is 531 g/mol. The number of aliphatic hydroxyl groups excluding tert-OH is 1. The van der Waals surface area contributed by atoms with E-state index >= 15 is 0 Å². The Morgan fingerprint density at radius 2 is 1.86 bits per heavy atom. The van der Waals surface area contributed by atoms with Crippen molar-refractivity contribution >= 4 is 61.4 Å². The first kappa shape index (κ1) is 23.2. The molecule has 0 saturated carbocycles. The molecule has 6 rings (SSSR count). The van der Waals surface area contributed by atoms with Gasteiger partial charge in [-0.1, -0.05) is 41.1 Å². The number of nitrogens with zero attached hydrogens (tertiary/aromatic N) is 4. The number of aliphatic hydroxyl groups is 1. The number of ketones is 1. The van der Waals surface area contributed by atoms with Crippen LogP contribution in [0.3, 0.4) is 0 Å². The van der Waals surface area contributed by atoms with Crippen LogP contribution in [0.5, 0.6) is 5.75 Å². The fraction of sp³-hybridized carbons (Fsp3) is 0.111. The van der Waals surface area contributed by atoms with Crippen molar-refractivity contribution in [1.82, 2.24) is 14.4 Å². The fourth-order valence-corrected chi connectivity index (χ4v) is 5.97. The van der Waals surface area contributed by atoms with E-state index < -0.39 is 17.7 Å². The predicted molar refractivity (Wildman–Crippen MR) is 142 cm³/mol. The van der Waals surface area contributed by atoms with Crippen LogP contribution in [0.25, 0.3) is 21.6 Å². The highest BCUT2D eigenvalue weighted by molar-refractivity contribution is 7.22. The Morgan fingerprint density at radius 1 is 1.05 bits per heavy atom. The molecule has 8 nitrogen and oxygen atoms in total.